The van der Waals surface area contributed by atoms with Gasteiger partial charge in [0.15, 0.2) is 5.65 Å². The number of nitrogens with one attached hydrogen (secondary N) is 1. The third-order valence-corrected chi connectivity index (χ3v) is 4.34. The van der Waals surface area contributed by atoms with Crippen LogP contribution in [-0.2, 0) is 4.74 Å². The Kier molecular flexibility index (Phi) is 3.78. The van der Waals surface area contributed by atoms with E-state index in [1.807, 2.05) is 42.2 Å². The van der Waals surface area contributed by atoms with Crippen molar-refractivity contribution in [2.75, 3.05) is 37.0 Å². The lowest BCUT2D eigenvalue weighted by molar-refractivity contribution is 0.0985. The first-order chi connectivity index (χ1) is 11.8. The molecule has 1 atom stereocenters. The van der Waals surface area contributed by atoms with E-state index in [1.54, 1.807) is 6.20 Å². The number of hydrogen-bond acceptors (Lipinski definition) is 6. The number of hydrogen-bond donors (Lipinski definition) is 1. The monoisotopic (exact) mass is 324 g/mol. The van der Waals surface area contributed by atoms with E-state index in [4.69, 9.17) is 9.72 Å². The number of anilines is 2. The highest BCUT2D eigenvalue weighted by molar-refractivity contribution is 5.78. The van der Waals surface area contributed by atoms with Gasteiger partial charge in [0, 0.05) is 31.5 Å². The summed E-state index contributed by atoms with van der Waals surface area (Å²) in [5, 5.41) is 7.49. The summed E-state index contributed by atoms with van der Waals surface area (Å²) in [6.07, 6.45) is 5.60. The molecule has 1 aliphatic heterocycles. The SMILES string of the molecule is CNc1cc(-c2cnn3ccc(N4CCOCC4C)nc23)ccn1. The van der Waals surface area contributed by atoms with Gasteiger partial charge in [0.2, 0.25) is 0 Å². The largest absolute Gasteiger partial charge is 0.377 e. The molecule has 0 aromatic carbocycles. The second-order valence-electron chi connectivity index (χ2n) is 5.91. The second kappa shape index (κ2) is 6.09. The van der Waals surface area contributed by atoms with Crippen LogP contribution in [0.3, 0.4) is 0 Å². The molecule has 1 unspecified atom stereocenters. The summed E-state index contributed by atoms with van der Waals surface area (Å²) in [6.45, 7) is 4.48. The summed E-state index contributed by atoms with van der Waals surface area (Å²) in [5.74, 6) is 1.78. The van der Waals surface area contributed by atoms with Gasteiger partial charge in [-0.3, -0.25) is 0 Å². The fraction of sp³-hybridized carbons (Fsp3) is 0.353. The number of rotatable bonds is 3. The fourth-order valence-corrected chi connectivity index (χ4v) is 3.03. The van der Waals surface area contributed by atoms with Crippen LogP contribution in [0, 0.1) is 0 Å². The smallest absolute Gasteiger partial charge is 0.165 e. The molecular weight excluding hydrogens is 304 g/mol. The molecule has 1 saturated heterocycles. The summed E-state index contributed by atoms with van der Waals surface area (Å²) < 4.78 is 7.33. The summed E-state index contributed by atoms with van der Waals surface area (Å²) >= 11 is 0. The minimum absolute atomic E-state index is 0.317. The van der Waals surface area contributed by atoms with Crippen LogP contribution in [0.2, 0.25) is 0 Å². The molecule has 0 radical (unpaired) electrons. The van der Waals surface area contributed by atoms with Crippen LogP contribution in [0.4, 0.5) is 11.6 Å². The molecule has 0 saturated carbocycles. The van der Waals surface area contributed by atoms with E-state index >= 15 is 0 Å². The average molecular weight is 324 g/mol. The van der Waals surface area contributed by atoms with Crippen molar-refractivity contribution < 1.29 is 4.74 Å². The third kappa shape index (κ3) is 2.56. The van der Waals surface area contributed by atoms with Crippen LogP contribution in [0.1, 0.15) is 6.92 Å². The minimum atomic E-state index is 0.317. The number of nitrogens with zero attached hydrogens (tertiary/aromatic N) is 5. The maximum atomic E-state index is 5.52. The molecule has 0 amide bonds. The zero-order valence-electron chi connectivity index (χ0n) is 13.8. The summed E-state index contributed by atoms with van der Waals surface area (Å²) in [5.41, 5.74) is 2.89. The molecule has 4 heterocycles. The van der Waals surface area contributed by atoms with Crippen molar-refractivity contribution in [1.82, 2.24) is 19.6 Å². The van der Waals surface area contributed by atoms with Crippen molar-refractivity contribution >= 4 is 17.3 Å². The Balaban J connectivity index is 1.78. The number of aromatic nitrogens is 4. The summed E-state index contributed by atoms with van der Waals surface area (Å²) in [7, 11) is 1.86. The lowest BCUT2D eigenvalue weighted by Crippen LogP contribution is -2.44. The predicted molar refractivity (Wildman–Crippen MR) is 93.4 cm³/mol. The Morgan fingerprint density at radius 1 is 1.33 bits per heavy atom. The molecule has 0 bridgehead atoms. The lowest BCUT2D eigenvalue weighted by Gasteiger charge is -2.34. The van der Waals surface area contributed by atoms with E-state index in [-0.39, 0.29) is 0 Å². The molecule has 1 fully saturated rings. The molecule has 124 valence electrons. The Bertz CT molecular complexity index is 861. The van der Waals surface area contributed by atoms with Crippen molar-refractivity contribution in [1.29, 1.82) is 0 Å². The number of morpholine rings is 1. The third-order valence-electron chi connectivity index (χ3n) is 4.34. The van der Waals surface area contributed by atoms with Gasteiger partial charge in [0.1, 0.15) is 11.6 Å². The highest BCUT2D eigenvalue weighted by Gasteiger charge is 2.21. The maximum absolute atomic E-state index is 5.52. The zero-order chi connectivity index (χ0) is 16.5. The second-order valence-corrected chi connectivity index (χ2v) is 5.91. The lowest BCUT2D eigenvalue weighted by atomic mass is 10.1. The van der Waals surface area contributed by atoms with Gasteiger partial charge in [-0.25, -0.2) is 14.5 Å². The van der Waals surface area contributed by atoms with Crippen LogP contribution < -0.4 is 10.2 Å². The normalized spacial score (nSPS) is 18.1. The van der Waals surface area contributed by atoms with E-state index < -0.39 is 0 Å². The molecule has 1 aliphatic rings. The average Bonchev–Trinajstić information content (AvgIpc) is 3.05. The molecule has 3 aromatic heterocycles. The number of ether oxygens (including phenoxy) is 1. The van der Waals surface area contributed by atoms with Crippen LogP contribution in [0.25, 0.3) is 16.8 Å². The topological polar surface area (TPSA) is 67.6 Å². The van der Waals surface area contributed by atoms with Gasteiger partial charge in [-0.2, -0.15) is 5.10 Å². The minimum Gasteiger partial charge on any atom is -0.377 e. The van der Waals surface area contributed by atoms with Gasteiger partial charge in [0.25, 0.3) is 0 Å². The van der Waals surface area contributed by atoms with Crippen LogP contribution in [-0.4, -0.2) is 52.4 Å². The van der Waals surface area contributed by atoms with Gasteiger partial charge < -0.3 is 15.0 Å². The molecule has 0 aliphatic carbocycles. The van der Waals surface area contributed by atoms with Gasteiger partial charge in [-0.05, 0) is 30.7 Å². The molecule has 3 aromatic rings. The van der Waals surface area contributed by atoms with Gasteiger partial charge in [0.05, 0.1) is 25.5 Å². The highest BCUT2D eigenvalue weighted by Crippen LogP contribution is 2.26. The van der Waals surface area contributed by atoms with Crippen LogP contribution >= 0.6 is 0 Å². The van der Waals surface area contributed by atoms with Crippen molar-refractivity contribution in [2.24, 2.45) is 0 Å². The van der Waals surface area contributed by atoms with Gasteiger partial charge in [-0.1, -0.05) is 0 Å². The highest BCUT2D eigenvalue weighted by atomic mass is 16.5. The van der Waals surface area contributed by atoms with Crippen molar-refractivity contribution in [3.8, 4) is 11.1 Å². The predicted octanol–water partition coefficient (Wildman–Crippen LogP) is 2.06. The van der Waals surface area contributed by atoms with Crippen LogP contribution in [0.5, 0.6) is 0 Å². The molecule has 7 nitrogen and oxygen atoms in total. The van der Waals surface area contributed by atoms with Crippen molar-refractivity contribution in [3.05, 3.63) is 36.8 Å². The number of fused-ring (bicyclic) bond motifs is 1. The van der Waals surface area contributed by atoms with E-state index in [9.17, 15) is 0 Å². The zero-order valence-corrected chi connectivity index (χ0v) is 13.8. The number of pyridine rings is 1. The van der Waals surface area contributed by atoms with E-state index in [0.29, 0.717) is 6.04 Å². The van der Waals surface area contributed by atoms with Gasteiger partial charge >= 0.3 is 0 Å². The first kappa shape index (κ1) is 14.9. The molecular formula is C17H20N6O. The Hall–Kier alpha value is -2.67. The fourth-order valence-electron chi connectivity index (χ4n) is 3.03. The molecule has 24 heavy (non-hydrogen) atoms. The van der Waals surface area contributed by atoms with E-state index in [1.165, 1.54) is 0 Å². The Morgan fingerprint density at radius 2 is 2.25 bits per heavy atom. The standard InChI is InChI=1S/C17H20N6O/c1-12-11-24-8-7-22(12)16-4-6-23-17(21-16)14(10-20-23)13-3-5-19-15(9-13)18-2/h3-6,9-10,12H,7-8,11H2,1-2H3,(H,18,19). The molecule has 7 heteroatoms. The van der Waals surface area contributed by atoms with Crippen molar-refractivity contribution in [2.45, 2.75) is 13.0 Å². The van der Waals surface area contributed by atoms with Gasteiger partial charge in [-0.15, -0.1) is 0 Å². The first-order valence-electron chi connectivity index (χ1n) is 8.09. The molecule has 4 rings (SSSR count). The quantitative estimate of drug-likeness (QED) is 0.795. The Labute approximate surface area is 140 Å². The molecule has 1 N–H and O–H groups in total. The first-order valence-corrected chi connectivity index (χ1v) is 8.09. The Morgan fingerprint density at radius 3 is 3.08 bits per heavy atom. The maximum Gasteiger partial charge on any atom is 0.165 e. The van der Waals surface area contributed by atoms with E-state index in [0.717, 1.165) is 48.2 Å². The summed E-state index contributed by atoms with van der Waals surface area (Å²) in [6, 6.07) is 6.31. The summed E-state index contributed by atoms with van der Waals surface area (Å²) in [4.78, 5) is 11.4. The van der Waals surface area contributed by atoms with E-state index in [2.05, 4.69) is 27.2 Å². The molecule has 0 spiro atoms. The van der Waals surface area contributed by atoms with Crippen molar-refractivity contribution in [3.63, 3.8) is 0 Å². The van der Waals surface area contributed by atoms with Crippen LogP contribution in [0.15, 0.2) is 36.8 Å².